The number of nitrogens with zero attached hydrogens (tertiary/aromatic N) is 2. The standard InChI is InChI=1S/C10H16N4O3/c1-6(2)8(9(15)16)13-10(17)12-7-4-11-14(3)5-7/h4-6,8H,1-3H3,(H,15,16)(H2,12,13,17)/t8-/m0/s1. The maximum atomic E-state index is 11.5. The molecule has 0 aliphatic carbocycles. The Morgan fingerprint density at radius 3 is 2.53 bits per heavy atom. The summed E-state index contributed by atoms with van der Waals surface area (Å²) < 4.78 is 1.53. The van der Waals surface area contributed by atoms with E-state index in [-0.39, 0.29) is 5.92 Å². The summed E-state index contributed by atoms with van der Waals surface area (Å²) in [7, 11) is 1.72. The summed E-state index contributed by atoms with van der Waals surface area (Å²) in [6.07, 6.45) is 3.09. The number of anilines is 1. The quantitative estimate of drug-likeness (QED) is 0.720. The summed E-state index contributed by atoms with van der Waals surface area (Å²) in [4.78, 5) is 22.4. The van der Waals surface area contributed by atoms with Crippen LogP contribution >= 0.6 is 0 Å². The van der Waals surface area contributed by atoms with E-state index in [9.17, 15) is 9.59 Å². The molecule has 7 nitrogen and oxygen atoms in total. The number of urea groups is 1. The van der Waals surface area contributed by atoms with Gasteiger partial charge in [0.05, 0.1) is 11.9 Å². The van der Waals surface area contributed by atoms with Crippen molar-refractivity contribution in [2.45, 2.75) is 19.9 Å². The molecule has 17 heavy (non-hydrogen) atoms. The van der Waals surface area contributed by atoms with Crippen molar-refractivity contribution in [3.63, 3.8) is 0 Å². The Balaban J connectivity index is 2.56. The summed E-state index contributed by atoms with van der Waals surface area (Å²) in [5.41, 5.74) is 0.512. The summed E-state index contributed by atoms with van der Waals surface area (Å²) in [6.45, 7) is 3.45. The van der Waals surface area contributed by atoms with E-state index < -0.39 is 18.0 Å². The van der Waals surface area contributed by atoms with Crippen molar-refractivity contribution in [1.82, 2.24) is 15.1 Å². The molecule has 1 aromatic heterocycles. The van der Waals surface area contributed by atoms with Crippen LogP contribution in [0.3, 0.4) is 0 Å². The number of hydrogen-bond donors (Lipinski definition) is 3. The molecule has 1 heterocycles. The fourth-order valence-electron chi connectivity index (χ4n) is 1.31. The third-order valence-corrected chi connectivity index (χ3v) is 2.18. The molecule has 7 heteroatoms. The molecule has 0 unspecified atom stereocenters. The van der Waals surface area contributed by atoms with E-state index in [4.69, 9.17) is 5.11 Å². The first kappa shape index (κ1) is 13.0. The second kappa shape index (κ2) is 5.33. The SMILES string of the molecule is CC(C)[C@H](NC(=O)Nc1cnn(C)c1)C(=O)O. The smallest absolute Gasteiger partial charge is 0.326 e. The van der Waals surface area contributed by atoms with Crippen LogP contribution < -0.4 is 10.6 Å². The summed E-state index contributed by atoms with van der Waals surface area (Å²) in [5.74, 6) is -1.24. The van der Waals surface area contributed by atoms with E-state index in [0.29, 0.717) is 5.69 Å². The van der Waals surface area contributed by atoms with E-state index in [2.05, 4.69) is 15.7 Å². The van der Waals surface area contributed by atoms with E-state index in [1.165, 1.54) is 10.9 Å². The molecule has 2 amide bonds. The van der Waals surface area contributed by atoms with Crippen LogP contribution in [0.2, 0.25) is 0 Å². The average Bonchev–Trinajstić information content (AvgIpc) is 2.59. The van der Waals surface area contributed by atoms with Gasteiger partial charge in [-0.15, -0.1) is 0 Å². The van der Waals surface area contributed by atoms with Crippen LogP contribution in [0.15, 0.2) is 12.4 Å². The average molecular weight is 240 g/mol. The number of hydrogen-bond acceptors (Lipinski definition) is 3. The van der Waals surface area contributed by atoms with E-state index in [1.54, 1.807) is 27.1 Å². The zero-order valence-corrected chi connectivity index (χ0v) is 9.97. The lowest BCUT2D eigenvalue weighted by Crippen LogP contribution is -2.46. The summed E-state index contributed by atoms with van der Waals surface area (Å²) in [6, 6.07) is -1.47. The van der Waals surface area contributed by atoms with Crippen molar-refractivity contribution in [3.8, 4) is 0 Å². The second-order valence-electron chi connectivity index (χ2n) is 4.06. The Kier molecular flexibility index (Phi) is 4.08. The first-order chi connectivity index (χ1) is 7.90. The van der Waals surface area contributed by atoms with Crippen LogP contribution in [0.1, 0.15) is 13.8 Å². The van der Waals surface area contributed by atoms with Crippen LogP contribution in [0, 0.1) is 5.92 Å². The van der Waals surface area contributed by atoms with Crippen molar-refractivity contribution < 1.29 is 14.7 Å². The molecular formula is C10H16N4O3. The van der Waals surface area contributed by atoms with Gasteiger partial charge in [0.2, 0.25) is 0 Å². The van der Waals surface area contributed by atoms with Gasteiger partial charge in [0.25, 0.3) is 0 Å². The normalized spacial score (nSPS) is 12.2. The van der Waals surface area contributed by atoms with E-state index in [1.807, 2.05) is 0 Å². The van der Waals surface area contributed by atoms with Crippen molar-refractivity contribution >= 4 is 17.7 Å². The molecule has 0 aliphatic rings. The molecule has 94 valence electrons. The molecule has 0 fully saturated rings. The largest absolute Gasteiger partial charge is 0.480 e. The van der Waals surface area contributed by atoms with Crippen LogP contribution in [0.4, 0.5) is 10.5 Å². The highest BCUT2D eigenvalue weighted by molar-refractivity contribution is 5.92. The van der Waals surface area contributed by atoms with Gasteiger partial charge in [0.1, 0.15) is 6.04 Å². The molecule has 0 bridgehead atoms. The zero-order valence-electron chi connectivity index (χ0n) is 9.97. The molecule has 0 spiro atoms. The number of carbonyl (C=O) groups is 2. The fourth-order valence-corrected chi connectivity index (χ4v) is 1.31. The lowest BCUT2D eigenvalue weighted by atomic mass is 10.1. The third-order valence-electron chi connectivity index (χ3n) is 2.18. The Morgan fingerprint density at radius 2 is 2.12 bits per heavy atom. The lowest BCUT2D eigenvalue weighted by Gasteiger charge is -2.17. The minimum Gasteiger partial charge on any atom is -0.480 e. The highest BCUT2D eigenvalue weighted by Gasteiger charge is 2.23. The number of nitrogens with one attached hydrogen (secondary N) is 2. The van der Waals surface area contributed by atoms with E-state index >= 15 is 0 Å². The van der Waals surface area contributed by atoms with Gasteiger partial charge in [-0.25, -0.2) is 9.59 Å². The lowest BCUT2D eigenvalue weighted by molar-refractivity contribution is -0.140. The van der Waals surface area contributed by atoms with Crippen LogP contribution in [-0.2, 0) is 11.8 Å². The van der Waals surface area contributed by atoms with Crippen molar-refractivity contribution in [2.24, 2.45) is 13.0 Å². The van der Waals surface area contributed by atoms with E-state index in [0.717, 1.165) is 0 Å². The van der Waals surface area contributed by atoms with Gasteiger partial charge in [-0.3, -0.25) is 4.68 Å². The van der Waals surface area contributed by atoms with Crippen LogP contribution in [0.5, 0.6) is 0 Å². The third kappa shape index (κ3) is 3.78. The molecule has 0 aromatic carbocycles. The Morgan fingerprint density at radius 1 is 1.47 bits per heavy atom. The van der Waals surface area contributed by atoms with Crippen LogP contribution in [-0.4, -0.2) is 32.9 Å². The Hall–Kier alpha value is -2.05. The summed E-state index contributed by atoms with van der Waals surface area (Å²) in [5, 5.41) is 17.7. The number of carboxylic acid groups (broad SMARTS) is 1. The molecule has 3 N–H and O–H groups in total. The molecule has 1 atom stereocenters. The maximum absolute atomic E-state index is 11.5. The Labute approximate surface area is 98.8 Å². The number of rotatable bonds is 4. The van der Waals surface area contributed by atoms with Gasteiger partial charge in [0, 0.05) is 13.2 Å². The fraction of sp³-hybridized carbons (Fsp3) is 0.500. The van der Waals surface area contributed by atoms with Crippen molar-refractivity contribution in [3.05, 3.63) is 12.4 Å². The van der Waals surface area contributed by atoms with Crippen molar-refractivity contribution in [1.29, 1.82) is 0 Å². The number of amides is 2. The molecule has 0 radical (unpaired) electrons. The van der Waals surface area contributed by atoms with Crippen LogP contribution in [0.25, 0.3) is 0 Å². The first-order valence-corrected chi connectivity index (χ1v) is 5.19. The highest BCUT2D eigenvalue weighted by Crippen LogP contribution is 2.05. The predicted octanol–water partition coefficient (Wildman–Crippen LogP) is 0.651. The van der Waals surface area contributed by atoms with Gasteiger partial charge in [-0.1, -0.05) is 13.8 Å². The first-order valence-electron chi connectivity index (χ1n) is 5.19. The minimum atomic E-state index is -1.05. The maximum Gasteiger partial charge on any atom is 0.326 e. The topological polar surface area (TPSA) is 96.3 Å². The molecule has 1 aromatic rings. The van der Waals surface area contributed by atoms with Gasteiger partial charge < -0.3 is 15.7 Å². The molecule has 0 saturated carbocycles. The molecule has 0 aliphatic heterocycles. The molecule has 1 rings (SSSR count). The monoisotopic (exact) mass is 240 g/mol. The minimum absolute atomic E-state index is 0.188. The molecular weight excluding hydrogens is 224 g/mol. The Bertz CT molecular complexity index is 413. The number of carbonyl (C=O) groups excluding carboxylic acids is 1. The predicted molar refractivity (Wildman–Crippen MR) is 61.6 cm³/mol. The number of aryl methyl sites for hydroxylation is 1. The number of aromatic nitrogens is 2. The van der Waals surface area contributed by atoms with Crippen molar-refractivity contribution in [2.75, 3.05) is 5.32 Å². The van der Waals surface area contributed by atoms with Gasteiger partial charge >= 0.3 is 12.0 Å². The van der Waals surface area contributed by atoms with Gasteiger partial charge in [0.15, 0.2) is 0 Å². The second-order valence-corrected chi connectivity index (χ2v) is 4.06. The molecule has 0 saturated heterocycles. The number of aliphatic carboxylic acids is 1. The van der Waals surface area contributed by atoms with Gasteiger partial charge in [-0.2, -0.15) is 5.10 Å². The summed E-state index contributed by atoms with van der Waals surface area (Å²) >= 11 is 0. The highest BCUT2D eigenvalue weighted by atomic mass is 16.4. The zero-order chi connectivity index (χ0) is 13.0. The van der Waals surface area contributed by atoms with Gasteiger partial charge in [-0.05, 0) is 5.92 Å². The number of carboxylic acids is 1.